The molecule has 1 saturated heterocycles. The quantitative estimate of drug-likeness (QED) is 0.674. The number of piperazine rings is 1. The van der Waals surface area contributed by atoms with Gasteiger partial charge in [-0.25, -0.2) is 9.97 Å². The van der Waals surface area contributed by atoms with Gasteiger partial charge in [0.25, 0.3) is 0 Å². The Morgan fingerprint density at radius 3 is 2.55 bits per heavy atom. The molecule has 2 atom stereocenters. The number of fused-ring (bicyclic) bond motifs is 1. The van der Waals surface area contributed by atoms with Crippen LogP contribution in [0.5, 0.6) is 0 Å². The number of nitrogens with zero attached hydrogens (tertiary/aromatic N) is 4. The lowest BCUT2D eigenvalue weighted by atomic mass is 9.96. The number of hydrogen-bond donors (Lipinski definition) is 2. The van der Waals surface area contributed by atoms with E-state index in [1.54, 1.807) is 0 Å². The first-order valence-electron chi connectivity index (χ1n) is 11.5. The van der Waals surface area contributed by atoms with Crippen molar-refractivity contribution in [1.82, 2.24) is 20.2 Å². The van der Waals surface area contributed by atoms with Gasteiger partial charge >= 0.3 is 0 Å². The molecule has 0 radical (unpaired) electrons. The summed E-state index contributed by atoms with van der Waals surface area (Å²) in [6.45, 7) is 9.24. The topological polar surface area (TPSA) is 90.5 Å². The first-order chi connectivity index (χ1) is 15.8. The third-order valence-electron chi connectivity index (χ3n) is 6.31. The van der Waals surface area contributed by atoms with Crippen LogP contribution in [0.4, 0.5) is 11.6 Å². The van der Waals surface area contributed by atoms with E-state index in [1.165, 1.54) is 6.33 Å². The molecule has 2 amide bonds. The lowest BCUT2D eigenvalue weighted by molar-refractivity contribution is -0.133. The van der Waals surface area contributed by atoms with E-state index in [2.05, 4.69) is 39.3 Å². The van der Waals surface area contributed by atoms with E-state index < -0.39 is 0 Å². The summed E-state index contributed by atoms with van der Waals surface area (Å²) in [5, 5.41) is 6.95. The highest BCUT2D eigenvalue weighted by atomic mass is 35.5. The molecule has 2 aliphatic heterocycles. The van der Waals surface area contributed by atoms with Crippen molar-refractivity contribution in [3.05, 3.63) is 46.7 Å². The third-order valence-corrected chi connectivity index (χ3v) is 6.57. The van der Waals surface area contributed by atoms with Crippen LogP contribution in [0, 0.1) is 5.92 Å². The van der Waals surface area contributed by atoms with Crippen molar-refractivity contribution >= 4 is 35.1 Å². The summed E-state index contributed by atoms with van der Waals surface area (Å²) in [6, 6.07) is 7.83. The van der Waals surface area contributed by atoms with Gasteiger partial charge in [-0.3, -0.25) is 9.59 Å². The summed E-state index contributed by atoms with van der Waals surface area (Å²) in [7, 11) is 0. The first kappa shape index (κ1) is 23.4. The molecule has 9 heteroatoms. The van der Waals surface area contributed by atoms with Gasteiger partial charge in [0.2, 0.25) is 11.8 Å². The Bertz CT molecular complexity index is 1000. The van der Waals surface area contributed by atoms with E-state index in [1.807, 2.05) is 36.1 Å². The zero-order valence-electron chi connectivity index (χ0n) is 19.3. The van der Waals surface area contributed by atoms with Gasteiger partial charge < -0.3 is 20.4 Å². The monoisotopic (exact) mass is 470 g/mol. The van der Waals surface area contributed by atoms with Crippen molar-refractivity contribution < 1.29 is 9.59 Å². The molecule has 2 N–H and O–H groups in total. The molecule has 0 aliphatic carbocycles. The van der Waals surface area contributed by atoms with E-state index in [-0.39, 0.29) is 29.7 Å². The summed E-state index contributed by atoms with van der Waals surface area (Å²) >= 11 is 6.06. The fourth-order valence-corrected chi connectivity index (χ4v) is 4.49. The second-order valence-electron chi connectivity index (χ2n) is 9.10. The largest absolute Gasteiger partial charge is 0.353 e. The van der Waals surface area contributed by atoms with Crippen LogP contribution in [0.15, 0.2) is 30.6 Å². The second-order valence-corrected chi connectivity index (χ2v) is 9.53. The highest BCUT2D eigenvalue weighted by Crippen LogP contribution is 2.31. The number of halogens is 1. The van der Waals surface area contributed by atoms with Crippen LogP contribution in [0.25, 0.3) is 0 Å². The number of anilines is 2. The van der Waals surface area contributed by atoms with E-state index in [0.29, 0.717) is 50.0 Å². The van der Waals surface area contributed by atoms with Crippen LogP contribution < -0.4 is 15.5 Å². The first-order valence-corrected chi connectivity index (χ1v) is 11.9. The van der Waals surface area contributed by atoms with Crippen molar-refractivity contribution in [2.45, 2.75) is 39.2 Å². The zero-order chi connectivity index (χ0) is 23.5. The van der Waals surface area contributed by atoms with Gasteiger partial charge in [-0.15, -0.1) is 0 Å². The number of rotatable bonds is 6. The number of amides is 2. The molecule has 2 aromatic rings. The minimum absolute atomic E-state index is 0.00851. The van der Waals surface area contributed by atoms with Crippen LogP contribution in [-0.4, -0.2) is 65.4 Å². The molecule has 3 heterocycles. The van der Waals surface area contributed by atoms with E-state index in [0.717, 1.165) is 16.9 Å². The molecule has 1 aromatic carbocycles. The fourth-order valence-electron chi connectivity index (χ4n) is 4.37. The third kappa shape index (κ3) is 5.28. The van der Waals surface area contributed by atoms with Gasteiger partial charge in [0.1, 0.15) is 18.0 Å². The number of carbonyl (C=O) groups excluding carboxylic acids is 2. The molecule has 4 rings (SSSR count). The van der Waals surface area contributed by atoms with Crippen molar-refractivity contribution in [1.29, 1.82) is 0 Å². The van der Waals surface area contributed by atoms with Gasteiger partial charge in [-0.2, -0.15) is 0 Å². The molecule has 33 heavy (non-hydrogen) atoms. The van der Waals surface area contributed by atoms with E-state index >= 15 is 0 Å². The van der Waals surface area contributed by atoms with Gasteiger partial charge in [0.15, 0.2) is 0 Å². The van der Waals surface area contributed by atoms with Gasteiger partial charge in [-0.1, -0.05) is 44.5 Å². The normalized spacial score (nSPS) is 19.3. The molecule has 1 fully saturated rings. The summed E-state index contributed by atoms with van der Waals surface area (Å²) < 4.78 is 0. The van der Waals surface area contributed by atoms with Crippen LogP contribution in [-0.2, 0) is 16.0 Å². The number of aromatic nitrogens is 2. The second kappa shape index (κ2) is 10.1. The summed E-state index contributed by atoms with van der Waals surface area (Å²) in [5.41, 5.74) is 1.94. The highest BCUT2D eigenvalue weighted by Gasteiger charge is 2.32. The Morgan fingerprint density at radius 2 is 1.88 bits per heavy atom. The zero-order valence-corrected chi connectivity index (χ0v) is 20.1. The molecule has 0 spiro atoms. The maximum absolute atomic E-state index is 13.5. The Morgan fingerprint density at radius 1 is 1.18 bits per heavy atom. The Kier molecular flexibility index (Phi) is 7.14. The van der Waals surface area contributed by atoms with Crippen molar-refractivity contribution in [3.8, 4) is 0 Å². The van der Waals surface area contributed by atoms with Gasteiger partial charge in [0, 0.05) is 55.3 Å². The summed E-state index contributed by atoms with van der Waals surface area (Å²) in [6.07, 6.45) is 2.12. The predicted molar refractivity (Wildman–Crippen MR) is 130 cm³/mol. The van der Waals surface area contributed by atoms with Gasteiger partial charge in [0.05, 0.1) is 5.92 Å². The Labute approximate surface area is 199 Å². The summed E-state index contributed by atoms with van der Waals surface area (Å²) in [5.74, 6) is 1.19. The van der Waals surface area contributed by atoms with Crippen molar-refractivity contribution in [2.75, 3.05) is 42.9 Å². The number of nitrogens with one attached hydrogen (secondary N) is 2. The van der Waals surface area contributed by atoms with Crippen LogP contribution in [0.1, 0.15) is 37.8 Å². The minimum Gasteiger partial charge on any atom is -0.353 e. The molecule has 176 valence electrons. The maximum Gasteiger partial charge on any atom is 0.231 e. The van der Waals surface area contributed by atoms with Crippen molar-refractivity contribution in [2.24, 2.45) is 5.92 Å². The van der Waals surface area contributed by atoms with E-state index in [9.17, 15) is 9.59 Å². The van der Waals surface area contributed by atoms with Gasteiger partial charge in [-0.05, 0) is 24.1 Å². The average molecular weight is 471 g/mol. The highest BCUT2D eigenvalue weighted by molar-refractivity contribution is 6.30. The van der Waals surface area contributed by atoms with Crippen LogP contribution in [0.3, 0.4) is 0 Å². The molecule has 0 bridgehead atoms. The smallest absolute Gasteiger partial charge is 0.231 e. The molecule has 8 nitrogen and oxygen atoms in total. The number of hydrogen-bond acceptors (Lipinski definition) is 6. The van der Waals surface area contributed by atoms with Crippen molar-refractivity contribution in [3.63, 3.8) is 0 Å². The maximum atomic E-state index is 13.5. The average Bonchev–Trinajstić information content (AvgIpc) is 2.80. The molecule has 0 unspecified atom stereocenters. The predicted octanol–water partition coefficient (Wildman–Crippen LogP) is 2.69. The standard InChI is InChI=1S/C24H31ClN6O2/c1-15(2)26-13-20(17-4-6-18(25)7-5-17)24(33)31-10-8-30(9-11-31)22-19-12-16(3)23(32)29-21(19)27-14-28-22/h4-7,14-16,20,26H,8-13H2,1-3H3,(H,27,28,29,32)/t16-,20+/m0/s1. The minimum atomic E-state index is -0.265. The Hall–Kier alpha value is -2.71. The SMILES string of the molecule is CC(C)NC[C@@H](C(=O)N1CCN(c2ncnc3c2C[C@H](C)C(=O)N3)CC1)c1ccc(Cl)cc1. The molecule has 0 saturated carbocycles. The summed E-state index contributed by atoms with van der Waals surface area (Å²) in [4.78, 5) is 38.4. The molecule has 2 aliphatic rings. The van der Waals surface area contributed by atoms with E-state index in [4.69, 9.17) is 11.6 Å². The number of benzene rings is 1. The lowest BCUT2D eigenvalue weighted by Crippen LogP contribution is -2.51. The van der Waals surface area contributed by atoms with Crippen LogP contribution in [0.2, 0.25) is 5.02 Å². The molecule has 1 aromatic heterocycles. The molecular formula is C24H31ClN6O2. The lowest BCUT2D eigenvalue weighted by Gasteiger charge is -2.38. The molecular weight excluding hydrogens is 440 g/mol. The number of carbonyl (C=O) groups is 2. The van der Waals surface area contributed by atoms with Crippen LogP contribution >= 0.6 is 11.6 Å². The fraction of sp³-hybridized carbons (Fsp3) is 0.500. The Balaban J connectivity index is 1.46.